The van der Waals surface area contributed by atoms with E-state index in [1.54, 1.807) is 0 Å². The summed E-state index contributed by atoms with van der Waals surface area (Å²) in [4.78, 5) is 11.4. The maximum Gasteiger partial charge on any atom is 0.246 e. The van der Waals surface area contributed by atoms with Crippen LogP contribution in [0.1, 0.15) is 39.0 Å². The topological polar surface area (TPSA) is 50.4 Å². The zero-order valence-corrected chi connectivity index (χ0v) is 10.4. The Kier molecular flexibility index (Phi) is 6.42. The summed E-state index contributed by atoms with van der Waals surface area (Å²) in [7, 11) is 1.96. The molecule has 1 aliphatic rings. The van der Waals surface area contributed by atoms with Crippen LogP contribution in [-0.4, -0.2) is 38.3 Å². The lowest BCUT2D eigenvalue weighted by atomic mass is 9.92. The monoisotopic (exact) mass is 228 g/mol. The van der Waals surface area contributed by atoms with E-state index in [-0.39, 0.29) is 18.6 Å². The first-order chi connectivity index (χ1) is 7.77. The first-order valence-electron chi connectivity index (χ1n) is 6.33. The van der Waals surface area contributed by atoms with Crippen molar-refractivity contribution in [1.82, 2.24) is 10.6 Å². The second-order valence-corrected chi connectivity index (χ2v) is 4.38. The van der Waals surface area contributed by atoms with Crippen molar-refractivity contribution in [1.29, 1.82) is 0 Å². The van der Waals surface area contributed by atoms with Crippen molar-refractivity contribution in [2.75, 3.05) is 20.2 Å². The van der Waals surface area contributed by atoms with E-state index >= 15 is 0 Å². The van der Waals surface area contributed by atoms with Crippen LogP contribution in [0.15, 0.2) is 0 Å². The molecule has 0 aromatic carbocycles. The maximum absolute atomic E-state index is 11.4. The largest absolute Gasteiger partial charge is 0.367 e. The molecule has 0 spiro atoms. The molecule has 0 radical (unpaired) electrons. The number of carbonyl (C=O) groups is 1. The highest BCUT2D eigenvalue weighted by Crippen LogP contribution is 2.20. The summed E-state index contributed by atoms with van der Waals surface area (Å²) in [5, 5.41) is 6.08. The molecule has 2 atom stereocenters. The quantitative estimate of drug-likeness (QED) is 0.714. The van der Waals surface area contributed by atoms with Crippen LogP contribution in [0.4, 0.5) is 0 Å². The average Bonchev–Trinajstić information content (AvgIpc) is 2.34. The molecule has 4 heteroatoms. The summed E-state index contributed by atoms with van der Waals surface area (Å²) in [5.74, 6) is 0.00211. The van der Waals surface area contributed by atoms with E-state index < -0.39 is 0 Å². The zero-order valence-electron chi connectivity index (χ0n) is 10.4. The van der Waals surface area contributed by atoms with Gasteiger partial charge in [-0.3, -0.25) is 4.79 Å². The molecule has 1 amide bonds. The fourth-order valence-electron chi connectivity index (χ4n) is 2.12. The Labute approximate surface area is 98.1 Å². The van der Waals surface area contributed by atoms with Crippen molar-refractivity contribution >= 4 is 5.91 Å². The minimum Gasteiger partial charge on any atom is -0.367 e. The molecule has 16 heavy (non-hydrogen) atoms. The fraction of sp³-hybridized carbons (Fsp3) is 0.917. The fourth-order valence-corrected chi connectivity index (χ4v) is 2.12. The number of hydrogen-bond acceptors (Lipinski definition) is 3. The summed E-state index contributed by atoms with van der Waals surface area (Å²) in [6.07, 6.45) is 5.84. The van der Waals surface area contributed by atoms with Crippen molar-refractivity contribution < 1.29 is 9.53 Å². The SMILES string of the molecule is CCCNC(=O)COC1CCCCC1NC. The number of likely N-dealkylation sites (N-methyl/N-ethyl adjacent to an activating group) is 1. The van der Waals surface area contributed by atoms with Gasteiger partial charge in [-0.1, -0.05) is 19.8 Å². The summed E-state index contributed by atoms with van der Waals surface area (Å²) in [5.41, 5.74) is 0. The molecule has 1 fully saturated rings. The third-order valence-corrected chi connectivity index (χ3v) is 3.07. The van der Waals surface area contributed by atoms with Gasteiger partial charge < -0.3 is 15.4 Å². The molecular formula is C12H24N2O2. The van der Waals surface area contributed by atoms with Gasteiger partial charge in [-0.15, -0.1) is 0 Å². The standard InChI is InChI=1S/C12H24N2O2/c1-3-8-14-12(15)9-16-11-7-5-4-6-10(11)13-2/h10-11,13H,3-9H2,1-2H3,(H,14,15). The molecule has 1 saturated carbocycles. The Hall–Kier alpha value is -0.610. The summed E-state index contributed by atoms with van der Waals surface area (Å²) < 4.78 is 5.67. The Morgan fingerprint density at radius 2 is 2.12 bits per heavy atom. The van der Waals surface area contributed by atoms with Crippen LogP contribution in [0, 0.1) is 0 Å². The van der Waals surface area contributed by atoms with E-state index in [4.69, 9.17) is 4.74 Å². The van der Waals surface area contributed by atoms with Crippen LogP contribution < -0.4 is 10.6 Å². The molecule has 0 aromatic heterocycles. The third-order valence-electron chi connectivity index (χ3n) is 3.07. The number of ether oxygens (including phenoxy) is 1. The highest BCUT2D eigenvalue weighted by atomic mass is 16.5. The molecule has 0 heterocycles. The van der Waals surface area contributed by atoms with E-state index in [1.165, 1.54) is 12.8 Å². The van der Waals surface area contributed by atoms with Gasteiger partial charge in [-0.05, 0) is 26.3 Å². The van der Waals surface area contributed by atoms with Crippen molar-refractivity contribution in [3.05, 3.63) is 0 Å². The lowest BCUT2D eigenvalue weighted by Crippen LogP contribution is -2.43. The summed E-state index contributed by atoms with van der Waals surface area (Å²) in [6.45, 7) is 2.98. The summed E-state index contributed by atoms with van der Waals surface area (Å²) >= 11 is 0. The van der Waals surface area contributed by atoms with Gasteiger partial charge in [0, 0.05) is 12.6 Å². The normalized spacial score (nSPS) is 25.4. The number of amides is 1. The van der Waals surface area contributed by atoms with Gasteiger partial charge in [0.25, 0.3) is 0 Å². The van der Waals surface area contributed by atoms with E-state index in [9.17, 15) is 4.79 Å². The highest BCUT2D eigenvalue weighted by molar-refractivity contribution is 5.77. The highest BCUT2D eigenvalue weighted by Gasteiger charge is 2.24. The van der Waals surface area contributed by atoms with Crippen molar-refractivity contribution in [2.24, 2.45) is 0 Å². The molecule has 94 valence electrons. The third kappa shape index (κ3) is 4.49. The van der Waals surface area contributed by atoms with Gasteiger partial charge >= 0.3 is 0 Å². The molecule has 0 aliphatic heterocycles. The number of rotatable bonds is 6. The molecule has 4 nitrogen and oxygen atoms in total. The number of carbonyl (C=O) groups excluding carboxylic acids is 1. The maximum atomic E-state index is 11.4. The zero-order chi connectivity index (χ0) is 11.8. The van der Waals surface area contributed by atoms with Crippen LogP contribution >= 0.6 is 0 Å². The molecule has 2 N–H and O–H groups in total. The molecule has 0 saturated heterocycles. The van der Waals surface area contributed by atoms with Gasteiger partial charge in [-0.25, -0.2) is 0 Å². The predicted octanol–water partition coefficient (Wildman–Crippen LogP) is 1.06. The van der Waals surface area contributed by atoms with Crippen molar-refractivity contribution in [3.8, 4) is 0 Å². The minimum atomic E-state index is 0.00211. The second kappa shape index (κ2) is 7.63. The molecule has 1 rings (SSSR count). The molecule has 2 unspecified atom stereocenters. The van der Waals surface area contributed by atoms with Gasteiger partial charge in [0.1, 0.15) is 6.61 Å². The number of hydrogen-bond donors (Lipinski definition) is 2. The van der Waals surface area contributed by atoms with Gasteiger partial charge in [0.2, 0.25) is 5.91 Å². The van der Waals surface area contributed by atoms with Crippen LogP contribution in [0.25, 0.3) is 0 Å². The number of nitrogens with one attached hydrogen (secondary N) is 2. The lowest BCUT2D eigenvalue weighted by Gasteiger charge is -2.30. The Morgan fingerprint density at radius 3 is 2.81 bits per heavy atom. The Balaban J connectivity index is 2.21. The van der Waals surface area contributed by atoms with Gasteiger partial charge in [-0.2, -0.15) is 0 Å². The minimum absolute atomic E-state index is 0.00211. The molecular weight excluding hydrogens is 204 g/mol. The molecule has 1 aliphatic carbocycles. The van der Waals surface area contributed by atoms with E-state index in [1.807, 2.05) is 14.0 Å². The van der Waals surface area contributed by atoms with Gasteiger partial charge in [0.05, 0.1) is 6.10 Å². The van der Waals surface area contributed by atoms with Crippen LogP contribution in [0.2, 0.25) is 0 Å². The van der Waals surface area contributed by atoms with Crippen LogP contribution in [-0.2, 0) is 9.53 Å². The van der Waals surface area contributed by atoms with E-state index in [2.05, 4.69) is 10.6 Å². The van der Waals surface area contributed by atoms with Crippen LogP contribution in [0.3, 0.4) is 0 Å². The van der Waals surface area contributed by atoms with Crippen LogP contribution in [0.5, 0.6) is 0 Å². The van der Waals surface area contributed by atoms with Crippen molar-refractivity contribution in [2.45, 2.75) is 51.2 Å². The summed E-state index contributed by atoms with van der Waals surface area (Å²) in [6, 6.07) is 0.410. The lowest BCUT2D eigenvalue weighted by molar-refractivity contribution is -0.129. The second-order valence-electron chi connectivity index (χ2n) is 4.38. The smallest absolute Gasteiger partial charge is 0.246 e. The van der Waals surface area contributed by atoms with Gasteiger partial charge in [0.15, 0.2) is 0 Å². The predicted molar refractivity (Wildman–Crippen MR) is 64.4 cm³/mol. The van der Waals surface area contributed by atoms with E-state index in [0.29, 0.717) is 6.04 Å². The Morgan fingerprint density at radius 1 is 1.38 bits per heavy atom. The Bertz CT molecular complexity index is 209. The molecule has 0 bridgehead atoms. The average molecular weight is 228 g/mol. The first-order valence-corrected chi connectivity index (χ1v) is 6.33. The molecule has 0 aromatic rings. The van der Waals surface area contributed by atoms with Crippen molar-refractivity contribution in [3.63, 3.8) is 0 Å². The van der Waals surface area contributed by atoms with E-state index in [0.717, 1.165) is 25.8 Å². The first kappa shape index (κ1) is 13.5.